The molecule has 2 rings (SSSR count). The van der Waals surface area contributed by atoms with Crippen LogP contribution in [0.5, 0.6) is 0 Å². The minimum Gasteiger partial charge on any atom is -0.481 e. The first kappa shape index (κ1) is 18.9. The van der Waals surface area contributed by atoms with Gasteiger partial charge in [0.2, 0.25) is 15.9 Å². The Hall–Kier alpha value is -2.45. The van der Waals surface area contributed by atoms with Gasteiger partial charge in [-0.2, -0.15) is 4.31 Å². The van der Waals surface area contributed by atoms with Gasteiger partial charge < -0.3 is 10.4 Å². The molecule has 1 amide bonds. The Bertz CT molecular complexity index is 895. The Morgan fingerprint density at radius 2 is 1.80 bits per heavy atom. The zero-order chi connectivity index (χ0) is 18.6. The lowest BCUT2D eigenvalue weighted by Gasteiger charge is -2.20. The van der Waals surface area contributed by atoms with E-state index in [1.165, 1.54) is 7.05 Å². The summed E-state index contributed by atoms with van der Waals surface area (Å²) in [5, 5.41) is 13.7. The highest BCUT2D eigenvalue weighted by Crippen LogP contribution is 2.22. The fourth-order valence-electron chi connectivity index (χ4n) is 2.41. The first-order valence-electron chi connectivity index (χ1n) is 7.58. The Labute approximate surface area is 146 Å². The smallest absolute Gasteiger partial charge is 0.305 e. The van der Waals surface area contributed by atoms with Crippen LogP contribution in [0.3, 0.4) is 0 Å². The third-order valence-electron chi connectivity index (χ3n) is 3.82. The number of carboxylic acids is 1. The van der Waals surface area contributed by atoms with Crippen LogP contribution in [0, 0.1) is 0 Å². The van der Waals surface area contributed by atoms with E-state index in [4.69, 9.17) is 5.11 Å². The second-order valence-corrected chi connectivity index (χ2v) is 7.93. The number of fused-ring (bicyclic) bond motifs is 1. The van der Waals surface area contributed by atoms with Crippen LogP contribution in [-0.2, 0) is 19.6 Å². The molecule has 7 nitrogen and oxygen atoms in total. The lowest BCUT2D eigenvalue weighted by Crippen LogP contribution is -2.39. The first-order valence-corrected chi connectivity index (χ1v) is 9.43. The second-order valence-electron chi connectivity index (χ2n) is 5.84. The van der Waals surface area contributed by atoms with E-state index in [2.05, 4.69) is 5.32 Å². The molecular formula is C17H20N2O5S. The Morgan fingerprint density at radius 1 is 1.16 bits per heavy atom. The van der Waals surface area contributed by atoms with Crippen molar-refractivity contribution in [3.63, 3.8) is 0 Å². The van der Waals surface area contributed by atoms with Crippen LogP contribution in [0.15, 0.2) is 42.5 Å². The molecule has 25 heavy (non-hydrogen) atoms. The van der Waals surface area contributed by atoms with Gasteiger partial charge in [0.25, 0.3) is 0 Å². The molecule has 1 atom stereocenters. The number of nitrogens with zero attached hydrogens (tertiary/aromatic N) is 1. The van der Waals surface area contributed by atoms with Crippen LogP contribution < -0.4 is 5.32 Å². The highest BCUT2D eigenvalue weighted by molar-refractivity contribution is 7.88. The van der Waals surface area contributed by atoms with E-state index in [9.17, 15) is 18.0 Å². The summed E-state index contributed by atoms with van der Waals surface area (Å²) >= 11 is 0. The molecule has 0 bridgehead atoms. The zero-order valence-electron chi connectivity index (χ0n) is 14.0. The lowest BCUT2D eigenvalue weighted by atomic mass is 9.99. The van der Waals surface area contributed by atoms with Crippen molar-refractivity contribution < 1.29 is 23.1 Å². The molecule has 0 aliphatic rings. The quantitative estimate of drug-likeness (QED) is 0.772. The topological polar surface area (TPSA) is 104 Å². The van der Waals surface area contributed by atoms with Gasteiger partial charge in [-0.1, -0.05) is 36.4 Å². The van der Waals surface area contributed by atoms with Crippen molar-refractivity contribution in [3.05, 3.63) is 48.0 Å². The number of carboxylic acid groups (broad SMARTS) is 1. The number of carbonyl (C=O) groups is 2. The lowest BCUT2D eigenvalue weighted by molar-refractivity contribution is -0.137. The van der Waals surface area contributed by atoms with Crippen molar-refractivity contribution in [1.29, 1.82) is 0 Å². The van der Waals surface area contributed by atoms with Crippen LogP contribution in [0.4, 0.5) is 0 Å². The molecule has 0 aromatic heterocycles. The fourth-order valence-corrected chi connectivity index (χ4v) is 2.76. The van der Waals surface area contributed by atoms with E-state index in [0.717, 1.165) is 21.3 Å². The van der Waals surface area contributed by atoms with Gasteiger partial charge in [0.15, 0.2) is 0 Å². The molecule has 0 radical (unpaired) electrons. The number of carbonyl (C=O) groups excluding carboxylic acids is 1. The van der Waals surface area contributed by atoms with E-state index < -0.39 is 27.9 Å². The number of aliphatic carboxylic acids is 1. The number of hydrogen-bond donors (Lipinski definition) is 2. The van der Waals surface area contributed by atoms with Gasteiger partial charge in [0.05, 0.1) is 25.3 Å². The largest absolute Gasteiger partial charge is 0.481 e. The van der Waals surface area contributed by atoms with Crippen LogP contribution in [0.2, 0.25) is 0 Å². The predicted molar refractivity (Wildman–Crippen MR) is 94.6 cm³/mol. The molecular weight excluding hydrogens is 344 g/mol. The minimum atomic E-state index is -3.49. The summed E-state index contributed by atoms with van der Waals surface area (Å²) in [5.74, 6) is -1.62. The molecule has 0 aliphatic heterocycles. The maximum atomic E-state index is 12.1. The highest BCUT2D eigenvalue weighted by Gasteiger charge is 2.21. The number of likely N-dealkylation sites (N-methyl/N-ethyl adjacent to an activating group) is 1. The Kier molecular flexibility index (Phi) is 5.76. The molecule has 0 saturated carbocycles. The summed E-state index contributed by atoms with van der Waals surface area (Å²) in [6.45, 7) is -0.372. The normalized spacial score (nSPS) is 12.9. The van der Waals surface area contributed by atoms with E-state index in [-0.39, 0.29) is 13.0 Å². The van der Waals surface area contributed by atoms with Crippen LogP contribution >= 0.6 is 0 Å². The highest BCUT2D eigenvalue weighted by atomic mass is 32.2. The summed E-state index contributed by atoms with van der Waals surface area (Å²) in [6, 6.07) is 12.3. The summed E-state index contributed by atoms with van der Waals surface area (Å²) in [7, 11) is -2.21. The number of sulfonamides is 1. The van der Waals surface area contributed by atoms with Gasteiger partial charge in [0.1, 0.15) is 0 Å². The third kappa shape index (κ3) is 5.27. The van der Waals surface area contributed by atoms with Gasteiger partial charge >= 0.3 is 5.97 Å². The molecule has 134 valence electrons. The number of rotatable bonds is 7. The van der Waals surface area contributed by atoms with Crippen LogP contribution in [0.25, 0.3) is 10.8 Å². The first-order chi connectivity index (χ1) is 11.7. The minimum absolute atomic E-state index is 0.299. The van der Waals surface area contributed by atoms with Crippen molar-refractivity contribution in [2.45, 2.75) is 12.5 Å². The molecule has 0 aliphatic carbocycles. The molecule has 2 N–H and O–H groups in total. The molecule has 0 unspecified atom stereocenters. The van der Waals surface area contributed by atoms with E-state index in [0.29, 0.717) is 5.56 Å². The average Bonchev–Trinajstić information content (AvgIpc) is 2.52. The van der Waals surface area contributed by atoms with Crippen molar-refractivity contribution in [1.82, 2.24) is 9.62 Å². The Morgan fingerprint density at radius 3 is 2.40 bits per heavy atom. The Balaban J connectivity index is 2.22. The summed E-state index contributed by atoms with van der Waals surface area (Å²) in [6.07, 6.45) is 0.699. The molecule has 0 spiro atoms. The number of nitrogens with one attached hydrogen (secondary N) is 1. The summed E-state index contributed by atoms with van der Waals surface area (Å²) < 4.78 is 23.7. The van der Waals surface area contributed by atoms with Gasteiger partial charge in [-0.25, -0.2) is 8.42 Å². The fraction of sp³-hybridized carbons (Fsp3) is 0.294. The van der Waals surface area contributed by atoms with Gasteiger partial charge in [-0.3, -0.25) is 9.59 Å². The van der Waals surface area contributed by atoms with Crippen LogP contribution in [-0.4, -0.2) is 49.6 Å². The molecule has 2 aromatic rings. The van der Waals surface area contributed by atoms with Crippen molar-refractivity contribution >= 4 is 32.7 Å². The zero-order valence-corrected chi connectivity index (χ0v) is 14.8. The van der Waals surface area contributed by atoms with Crippen molar-refractivity contribution in [2.24, 2.45) is 0 Å². The van der Waals surface area contributed by atoms with E-state index in [1.54, 1.807) is 6.07 Å². The number of hydrogen-bond acceptors (Lipinski definition) is 4. The van der Waals surface area contributed by atoms with Gasteiger partial charge in [-0.15, -0.1) is 0 Å². The summed E-state index contributed by atoms with van der Waals surface area (Å²) in [4.78, 5) is 23.3. The second kappa shape index (κ2) is 7.62. The predicted octanol–water partition coefficient (Wildman–Crippen LogP) is 1.36. The maximum Gasteiger partial charge on any atom is 0.305 e. The van der Waals surface area contributed by atoms with Gasteiger partial charge in [0, 0.05) is 7.05 Å². The number of amides is 1. The standard InChI is InChI=1S/C17H20N2O5S/c1-19(25(2,23)24)11-16(20)18-15(10-17(21)22)14-8-7-12-5-3-4-6-13(12)9-14/h3-9,15H,10-11H2,1-2H3,(H,18,20)(H,21,22)/t15-/m0/s1. The van der Waals surface area contributed by atoms with Crippen molar-refractivity contribution in [3.8, 4) is 0 Å². The third-order valence-corrected chi connectivity index (χ3v) is 5.08. The van der Waals surface area contributed by atoms with Crippen LogP contribution in [0.1, 0.15) is 18.0 Å². The maximum absolute atomic E-state index is 12.1. The van der Waals surface area contributed by atoms with Gasteiger partial charge in [-0.05, 0) is 22.4 Å². The SMILES string of the molecule is CN(CC(=O)N[C@@H](CC(=O)O)c1ccc2ccccc2c1)S(C)(=O)=O. The average molecular weight is 364 g/mol. The molecule has 8 heteroatoms. The molecule has 2 aromatic carbocycles. The summed E-state index contributed by atoms with van der Waals surface area (Å²) in [5.41, 5.74) is 0.649. The molecule has 0 fully saturated rings. The monoisotopic (exact) mass is 364 g/mol. The van der Waals surface area contributed by atoms with E-state index in [1.807, 2.05) is 36.4 Å². The van der Waals surface area contributed by atoms with Crippen molar-refractivity contribution in [2.75, 3.05) is 19.8 Å². The number of benzene rings is 2. The molecule has 0 heterocycles. The molecule has 0 saturated heterocycles. The van der Waals surface area contributed by atoms with E-state index >= 15 is 0 Å².